The lowest BCUT2D eigenvalue weighted by molar-refractivity contribution is -0.136. The van der Waals surface area contributed by atoms with Crippen LogP contribution in [0.25, 0.3) is 0 Å². The average Bonchev–Trinajstić information content (AvgIpc) is 2.36. The van der Waals surface area contributed by atoms with E-state index in [1.807, 2.05) is 25.8 Å². The topological polar surface area (TPSA) is 58.6 Å². The molecule has 0 radical (unpaired) electrons. The summed E-state index contributed by atoms with van der Waals surface area (Å²) in [7, 11) is 3.39. The third-order valence-corrected chi connectivity index (χ3v) is 3.68. The van der Waals surface area contributed by atoms with E-state index in [4.69, 9.17) is 16.3 Å². The standard InChI is InChI=1S/C13H19ClN4O2/c1-13(2)12(19)17(3)5-6-18(13)11-7-9(14)15-10(16-11)8-20-4/h7H,5-6,8H2,1-4H3. The molecule has 6 nitrogen and oxygen atoms in total. The first kappa shape index (κ1) is 15.0. The molecule has 7 heteroatoms. The van der Waals surface area contributed by atoms with Crippen LogP contribution in [0.1, 0.15) is 19.7 Å². The van der Waals surface area contributed by atoms with Crippen LogP contribution in [0.3, 0.4) is 0 Å². The van der Waals surface area contributed by atoms with Crippen molar-refractivity contribution in [3.63, 3.8) is 0 Å². The molecule has 1 saturated heterocycles. The highest BCUT2D eigenvalue weighted by Crippen LogP contribution is 2.28. The molecule has 1 amide bonds. The molecule has 0 unspecified atom stereocenters. The molecule has 2 heterocycles. The second kappa shape index (κ2) is 5.54. The van der Waals surface area contributed by atoms with E-state index in [9.17, 15) is 4.79 Å². The Labute approximate surface area is 123 Å². The molecule has 1 aliphatic rings. The van der Waals surface area contributed by atoms with Gasteiger partial charge in [0.25, 0.3) is 0 Å². The zero-order valence-corrected chi connectivity index (χ0v) is 12.9. The summed E-state index contributed by atoms with van der Waals surface area (Å²) in [6.45, 7) is 5.42. The van der Waals surface area contributed by atoms with E-state index in [0.717, 1.165) is 0 Å². The number of hydrogen-bond donors (Lipinski definition) is 0. The van der Waals surface area contributed by atoms with Crippen molar-refractivity contribution in [2.75, 3.05) is 32.1 Å². The second-order valence-corrected chi connectivity index (χ2v) is 5.72. The quantitative estimate of drug-likeness (QED) is 0.788. The number of aromatic nitrogens is 2. The second-order valence-electron chi connectivity index (χ2n) is 5.34. The number of carbonyl (C=O) groups excluding carboxylic acids is 1. The number of nitrogens with zero attached hydrogens (tertiary/aromatic N) is 4. The van der Waals surface area contributed by atoms with Crippen molar-refractivity contribution >= 4 is 23.3 Å². The third kappa shape index (κ3) is 2.71. The lowest BCUT2D eigenvalue weighted by Crippen LogP contribution is -2.62. The lowest BCUT2D eigenvalue weighted by atomic mass is 9.98. The first-order chi connectivity index (χ1) is 9.36. The van der Waals surface area contributed by atoms with Gasteiger partial charge < -0.3 is 14.5 Å². The predicted octanol–water partition coefficient (Wildman–Crippen LogP) is 1.33. The number of hydrogen-bond acceptors (Lipinski definition) is 5. The van der Waals surface area contributed by atoms with Gasteiger partial charge >= 0.3 is 0 Å². The van der Waals surface area contributed by atoms with Gasteiger partial charge in [0.05, 0.1) is 0 Å². The van der Waals surface area contributed by atoms with Crippen LogP contribution in [0.2, 0.25) is 5.15 Å². The number of halogens is 1. The third-order valence-electron chi connectivity index (χ3n) is 3.48. The minimum absolute atomic E-state index is 0.0618. The molecule has 0 bridgehead atoms. The van der Waals surface area contributed by atoms with Gasteiger partial charge in [-0.25, -0.2) is 9.97 Å². The Hall–Kier alpha value is -1.40. The smallest absolute Gasteiger partial charge is 0.247 e. The Kier molecular flexibility index (Phi) is 4.15. The Balaban J connectivity index is 2.37. The van der Waals surface area contributed by atoms with Crippen molar-refractivity contribution in [1.82, 2.24) is 14.9 Å². The molecule has 110 valence electrons. The molecule has 20 heavy (non-hydrogen) atoms. The molecular formula is C13H19ClN4O2. The van der Waals surface area contributed by atoms with E-state index in [1.54, 1.807) is 18.1 Å². The Morgan fingerprint density at radius 1 is 1.40 bits per heavy atom. The van der Waals surface area contributed by atoms with E-state index in [-0.39, 0.29) is 12.5 Å². The van der Waals surface area contributed by atoms with Crippen LogP contribution in [0.5, 0.6) is 0 Å². The fourth-order valence-electron chi connectivity index (χ4n) is 2.40. The molecule has 2 rings (SSSR count). The van der Waals surface area contributed by atoms with Gasteiger partial charge in [0.15, 0.2) is 5.82 Å². The zero-order chi connectivity index (χ0) is 14.9. The number of anilines is 1. The highest BCUT2D eigenvalue weighted by molar-refractivity contribution is 6.29. The van der Waals surface area contributed by atoms with Crippen LogP contribution in [-0.2, 0) is 16.1 Å². The summed E-state index contributed by atoms with van der Waals surface area (Å²) < 4.78 is 5.04. The molecule has 0 atom stereocenters. The monoisotopic (exact) mass is 298 g/mol. The Morgan fingerprint density at radius 2 is 2.10 bits per heavy atom. The number of carbonyl (C=O) groups is 1. The summed E-state index contributed by atoms with van der Waals surface area (Å²) in [6.07, 6.45) is 0. The molecule has 1 aromatic rings. The molecule has 0 spiro atoms. The minimum atomic E-state index is -0.658. The number of ether oxygens (including phenoxy) is 1. The number of piperazine rings is 1. The van der Waals surface area contributed by atoms with Crippen LogP contribution < -0.4 is 4.90 Å². The predicted molar refractivity (Wildman–Crippen MR) is 76.8 cm³/mol. The van der Waals surface area contributed by atoms with Crippen LogP contribution in [0.4, 0.5) is 5.82 Å². The molecular weight excluding hydrogens is 280 g/mol. The van der Waals surface area contributed by atoms with Gasteiger partial charge in [0.2, 0.25) is 5.91 Å². The average molecular weight is 299 g/mol. The van der Waals surface area contributed by atoms with Crippen molar-refractivity contribution in [2.24, 2.45) is 0 Å². The largest absolute Gasteiger partial charge is 0.377 e. The van der Waals surface area contributed by atoms with Crippen LogP contribution >= 0.6 is 11.6 Å². The summed E-state index contributed by atoms with van der Waals surface area (Å²) in [6, 6.07) is 1.68. The van der Waals surface area contributed by atoms with Crippen molar-refractivity contribution in [3.8, 4) is 0 Å². The summed E-state index contributed by atoms with van der Waals surface area (Å²) in [4.78, 5) is 24.5. The van der Waals surface area contributed by atoms with Gasteiger partial charge in [-0.05, 0) is 13.8 Å². The van der Waals surface area contributed by atoms with Gasteiger partial charge in [0.1, 0.15) is 23.1 Å². The van der Waals surface area contributed by atoms with Crippen LogP contribution in [-0.4, -0.2) is 53.6 Å². The van der Waals surface area contributed by atoms with E-state index < -0.39 is 5.54 Å². The van der Waals surface area contributed by atoms with Crippen molar-refractivity contribution < 1.29 is 9.53 Å². The summed E-state index contributed by atoms with van der Waals surface area (Å²) >= 11 is 6.03. The number of rotatable bonds is 3. The molecule has 0 saturated carbocycles. The van der Waals surface area contributed by atoms with Crippen LogP contribution in [0, 0.1) is 0 Å². The van der Waals surface area contributed by atoms with E-state index in [0.29, 0.717) is 29.9 Å². The van der Waals surface area contributed by atoms with E-state index in [1.165, 1.54) is 0 Å². The number of methoxy groups -OCH3 is 1. The fraction of sp³-hybridized carbons (Fsp3) is 0.615. The Morgan fingerprint density at radius 3 is 2.75 bits per heavy atom. The Bertz CT molecular complexity index is 521. The normalized spacial score (nSPS) is 18.6. The first-order valence-electron chi connectivity index (χ1n) is 6.42. The number of likely N-dealkylation sites (N-methyl/N-ethyl adjacent to an activating group) is 1. The lowest BCUT2D eigenvalue weighted by Gasteiger charge is -2.45. The first-order valence-corrected chi connectivity index (χ1v) is 6.79. The highest BCUT2D eigenvalue weighted by atomic mass is 35.5. The zero-order valence-electron chi connectivity index (χ0n) is 12.2. The van der Waals surface area contributed by atoms with Gasteiger partial charge in [-0.1, -0.05) is 11.6 Å². The summed E-state index contributed by atoms with van der Waals surface area (Å²) in [5.41, 5.74) is -0.658. The maximum absolute atomic E-state index is 12.3. The maximum Gasteiger partial charge on any atom is 0.247 e. The van der Waals surface area contributed by atoms with Gasteiger partial charge in [-0.15, -0.1) is 0 Å². The molecule has 0 aromatic carbocycles. The summed E-state index contributed by atoms with van der Waals surface area (Å²) in [5, 5.41) is 0.351. The maximum atomic E-state index is 12.3. The molecule has 0 aliphatic carbocycles. The number of amides is 1. The van der Waals surface area contributed by atoms with Crippen molar-refractivity contribution in [3.05, 3.63) is 17.0 Å². The SMILES string of the molecule is COCc1nc(Cl)cc(N2CCN(C)C(=O)C2(C)C)n1. The van der Waals surface area contributed by atoms with Crippen molar-refractivity contribution in [2.45, 2.75) is 26.0 Å². The fourth-order valence-corrected chi connectivity index (χ4v) is 2.59. The molecule has 1 aliphatic heterocycles. The van der Waals surface area contributed by atoms with Crippen molar-refractivity contribution in [1.29, 1.82) is 0 Å². The highest BCUT2D eigenvalue weighted by Gasteiger charge is 2.41. The van der Waals surface area contributed by atoms with E-state index >= 15 is 0 Å². The van der Waals surface area contributed by atoms with Gasteiger partial charge in [-0.2, -0.15) is 0 Å². The van der Waals surface area contributed by atoms with Gasteiger partial charge in [0, 0.05) is 33.3 Å². The van der Waals surface area contributed by atoms with Gasteiger partial charge in [-0.3, -0.25) is 4.79 Å². The van der Waals surface area contributed by atoms with E-state index in [2.05, 4.69) is 9.97 Å². The molecule has 1 fully saturated rings. The van der Waals surface area contributed by atoms with Crippen LogP contribution in [0.15, 0.2) is 6.07 Å². The molecule has 1 aromatic heterocycles. The molecule has 0 N–H and O–H groups in total. The minimum Gasteiger partial charge on any atom is -0.377 e. The summed E-state index contributed by atoms with van der Waals surface area (Å²) in [5.74, 6) is 1.23.